The minimum absolute atomic E-state index is 0.0558. The van der Waals surface area contributed by atoms with Gasteiger partial charge in [0.1, 0.15) is 0 Å². The lowest BCUT2D eigenvalue weighted by atomic mass is 9.80. The molecule has 2 amide bonds. The highest BCUT2D eigenvalue weighted by atomic mass is 32.1. The molecule has 2 aliphatic carbocycles. The van der Waals surface area contributed by atoms with Gasteiger partial charge in [0.2, 0.25) is 11.8 Å². The summed E-state index contributed by atoms with van der Waals surface area (Å²) in [6.07, 6.45) is 8.91. The fourth-order valence-corrected chi connectivity index (χ4v) is 5.19. The number of rotatable bonds is 5. The van der Waals surface area contributed by atoms with Crippen molar-refractivity contribution in [2.24, 2.45) is 11.8 Å². The normalized spacial score (nSPS) is 25.0. The Balaban J connectivity index is 1.60. The van der Waals surface area contributed by atoms with Crippen LogP contribution >= 0.6 is 11.3 Å². The molecule has 2 atom stereocenters. The molecule has 2 N–H and O–H groups in total. The lowest BCUT2D eigenvalue weighted by Crippen LogP contribution is -2.32. The lowest BCUT2D eigenvalue weighted by Gasteiger charge is -2.25. The average Bonchev–Trinajstić information content (AvgIpc) is 3.23. The van der Waals surface area contributed by atoms with Crippen LogP contribution in [-0.2, 0) is 15.0 Å². The number of carbonyl (C=O) groups is 2. The number of hydrogen-bond donors (Lipinski definition) is 2. The summed E-state index contributed by atoms with van der Waals surface area (Å²) in [5, 5.41) is 8.36. The summed E-state index contributed by atoms with van der Waals surface area (Å²) in [6.45, 7) is 1.50. The molecule has 2 unspecified atom stereocenters. The highest BCUT2D eigenvalue weighted by molar-refractivity contribution is 7.13. The van der Waals surface area contributed by atoms with Gasteiger partial charge in [-0.1, -0.05) is 44.2 Å². The number of aromatic nitrogens is 1. The minimum atomic E-state index is -0.470. The van der Waals surface area contributed by atoms with E-state index in [9.17, 15) is 9.59 Å². The Labute approximate surface area is 163 Å². The summed E-state index contributed by atoms with van der Waals surface area (Å²) >= 11 is 1.45. The molecule has 0 bridgehead atoms. The lowest BCUT2D eigenvalue weighted by molar-refractivity contribution is -0.119. The largest absolute Gasteiger partial charge is 0.326 e. The van der Waals surface area contributed by atoms with E-state index >= 15 is 0 Å². The van der Waals surface area contributed by atoms with Crippen LogP contribution in [0.1, 0.15) is 51.0 Å². The molecule has 1 aromatic heterocycles. The first-order valence-electron chi connectivity index (χ1n) is 9.68. The van der Waals surface area contributed by atoms with Crippen molar-refractivity contribution in [3.8, 4) is 0 Å². The van der Waals surface area contributed by atoms with Crippen LogP contribution in [0.4, 0.5) is 10.8 Å². The number of thiazole rings is 1. The maximum atomic E-state index is 13.3. The van der Waals surface area contributed by atoms with Crippen LogP contribution in [0, 0.1) is 11.8 Å². The zero-order chi connectivity index (χ0) is 18.9. The Kier molecular flexibility index (Phi) is 5.00. The number of anilines is 2. The van der Waals surface area contributed by atoms with Gasteiger partial charge in [0.15, 0.2) is 5.13 Å². The van der Waals surface area contributed by atoms with Gasteiger partial charge < -0.3 is 10.6 Å². The van der Waals surface area contributed by atoms with E-state index in [1.807, 2.05) is 29.6 Å². The first-order chi connectivity index (χ1) is 13.1. The Morgan fingerprint density at radius 2 is 1.85 bits per heavy atom. The van der Waals surface area contributed by atoms with Crippen LogP contribution < -0.4 is 10.6 Å². The highest BCUT2D eigenvalue weighted by Crippen LogP contribution is 2.61. The summed E-state index contributed by atoms with van der Waals surface area (Å²) in [4.78, 5) is 28.8. The number of amides is 2. The topological polar surface area (TPSA) is 71.1 Å². The van der Waals surface area contributed by atoms with Crippen molar-refractivity contribution in [2.45, 2.75) is 50.9 Å². The molecular formula is C21H25N3O2S. The van der Waals surface area contributed by atoms with Crippen molar-refractivity contribution in [1.82, 2.24) is 4.98 Å². The fraction of sp³-hybridized carbons (Fsp3) is 0.476. The quantitative estimate of drug-likeness (QED) is 0.794. The molecule has 5 nitrogen and oxygen atoms in total. The molecule has 0 radical (unpaired) electrons. The van der Waals surface area contributed by atoms with Gasteiger partial charge in [0.05, 0.1) is 5.41 Å². The molecule has 2 fully saturated rings. The molecular weight excluding hydrogens is 358 g/mol. The van der Waals surface area contributed by atoms with E-state index in [0.29, 0.717) is 17.0 Å². The van der Waals surface area contributed by atoms with Gasteiger partial charge in [-0.05, 0) is 36.0 Å². The number of hydrogen-bond acceptors (Lipinski definition) is 4. The van der Waals surface area contributed by atoms with E-state index < -0.39 is 5.41 Å². The predicted octanol–water partition coefficient (Wildman–Crippen LogP) is 4.58. The average molecular weight is 384 g/mol. The maximum Gasteiger partial charge on any atom is 0.237 e. The van der Waals surface area contributed by atoms with Gasteiger partial charge >= 0.3 is 0 Å². The monoisotopic (exact) mass is 383 g/mol. The molecule has 2 saturated carbocycles. The van der Waals surface area contributed by atoms with Crippen LogP contribution in [-0.4, -0.2) is 16.8 Å². The first kappa shape index (κ1) is 18.2. The van der Waals surface area contributed by atoms with E-state index in [4.69, 9.17) is 0 Å². The van der Waals surface area contributed by atoms with Crippen LogP contribution in [0.2, 0.25) is 0 Å². The Morgan fingerprint density at radius 3 is 2.48 bits per heavy atom. The standard InChI is InChI=1S/C21H25N3O2S/c1-14(25)23-17-9-7-16(8-10-17)21(19(26)24-20-22-11-12-27-20)13-18(21)15-5-3-2-4-6-15/h7-12,15,18H,2-6,13H2,1H3,(H,23,25)(H,22,24,26). The number of nitrogens with zero attached hydrogens (tertiary/aromatic N) is 1. The summed E-state index contributed by atoms with van der Waals surface area (Å²) in [5.74, 6) is 0.978. The van der Waals surface area contributed by atoms with Crippen molar-refractivity contribution < 1.29 is 9.59 Å². The number of carbonyl (C=O) groups excluding carboxylic acids is 2. The van der Waals surface area contributed by atoms with Crippen molar-refractivity contribution in [3.05, 3.63) is 41.4 Å². The predicted molar refractivity (Wildman–Crippen MR) is 108 cm³/mol. The van der Waals surface area contributed by atoms with Gasteiger partial charge in [-0.3, -0.25) is 9.59 Å². The maximum absolute atomic E-state index is 13.3. The summed E-state index contributed by atoms with van der Waals surface area (Å²) in [5.41, 5.74) is 1.33. The van der Waals surface area contributed by atoms with Crippen molar-refractivity contribution >= 4 is 34.0 Å². The fourth-order valence-electron chi connectivity index (χ4n) is 4.67. The van der Waals surface area contributed by atoms with E-state index in [1.54, 1.807) is 6.20 Å². The third kappa shape index (κ3) is 3.63. The number of benzene rings is 1. The minimum Gasteiger partial charge on any atom is -0.326 e. The molecule has 142 valence electrons. The van der Waals surface area contributed by atoms with Gasteiger partial charge in [-0.15, -0.1) is 11.3 Å². The third-order valence-corrected chi connectivity index (χ3v) is 6.70. The molecule has 0 spiro atoms. The van der Waals surface area contributed by atoms with Gasteiger partial charge in [0, 0.05) is 24.2 Å². The van der Waals surface area contributed by atoms with E-state index in [-0.39, 0.29) is 11.8 Å². The molecule has 2 aliphatic rings. The van der Waals surface area contributed by atoms with E-state index in [2.05, 4.69) is 15.6 Å². The second kappa shape index (κ2) is 7.43. The van der Waals surface area contributed by atoms with Crippen LogP contribution in [0.25, 0.3) is 0 Å². The molecule has 1 heterocycles. The Morgan fingerprint density at radius 1 is 1.11 bits per heavy atom. The van der Waals surface area contributed by atoms with Crippen LogP contribution in [0.5, 0.6) is 0 Å². The molecule has 0 saturated heterocycles. The SMILES string of the molecule is CC(=O)Nc1ccc(C2(C(=O)Nc3nccs3)CC2C2CCCCC2)cc1. The van der Waals surface area contributed by atoms with Crippen LogP contribution in [0.3, 0.4) is 0 Å². The zero-order valence-electron chi connectivity index (χ0n) is 15.5. The summed E-state index contributed by atoms with van der Waals surface area (Å²) in [6, 6.07) is 7.78. The second-order valence-electron chi connectivity index (χ2n) is 7.73. The zero-order valence-corrected chi connectivity index (χ0v) is 16.3. The van der Waals surface area contributed by atoms with Crippen molar-refractivity contribution in [3.63, 3.8) is 0 Å². The van der Waals surface area contributed by atoms with Gasteiger partial charge in [0.25, 0.3) is 0 Å². The van der Waals surface area contributed by atoms with Gasteiger partial charge in [-0.2, -0.15) is 0 Å². The summed E-state index contributed by atoms with van der Waals surface area (Å²) < 4.78 is 0. The molecule has 6 heteroatoms. The van der Waals surface area contributed by atoms with Crippen LogP contribution in [0.15, 0.2) is 35.8 Å². The van der Waals surface area contributed by atoms with E-state index in [1.165, 1.54) is 50.4 Å². The third-order valence-electron chi connectivity index (χ3n) is 6.01. The molecule has 2 aromatic rings. The first-order valence-corrected chi connectivity index (χ1v) is 10.6. The van der Waals surface area contributed by atoms with Crippen molar-refractivity contribution in [2.75, 3.05) is 10.6 Å². The summed E-state index contributed by atoms with van der Waals surface area (Å²) in [7, 11) is 0. The molecule has 1 aromatic carbocycles. The Bertz CT molecular complexity index is 812. The molecule has 4 rings (SSSR count). The van der Waals surface area contributed by atoms with Gasteiger partial charge in [-0.25, -0.2) is 4.98 Å². The highest BCUT2D eigenvalue weighted by Gasteiger charge is 2.63. The second-order valence-corrected chi connectivity index (χ2v) is 8.62. The Hall–Kier alpha value is -2.21. The van der Waals surface area contributed by atoms with Crippen molar-refractivity contribution in [1.29, 1.82) is 0 Å². The smallest absolute Gasteiger partial charge is 0.237 e. The number of nitrogens with one attached hydrogen (secondary N) is 2. The molecule has 27 heavy (non-hydrogen) atoms. The van der Waals surface area contributed by atoms with E-state index in [0.717, 1.165) is 17.7 Å². The molecule has 0 aliphatic heterocycles.